The van der Waals surface area contributed by atoms with Crippen LogP contribution in [0.4, 0.5) is 4.39 Å². The van der Waals surface area contributed by atoms with Gasteiger partial charge in [0, 0.05) is 0 Å². The molecule has 0 amide bonds. The van der Waals surface area contributed by atoms with Gasteiger partial charge in [-0.25, -0.2) is 4.39 Å². The molecule has 0 bridgehead atoms. The van der Waals surface area contributed by atoms with Crippen molar-refractivity contribution in [2.45, 2.75) is 33.3 Å². The zero-order chi connectivity index (χ0) is 11.4. The van der Waals surface area contributed by atoms with Gasteiger partial charge in [0.25, 0.3) is 6.26 Å². The van der Waals surface area contributed by atoms with Crippen molar-refractivity contribution in [1.29, 1.82) is 5.26 Å². The summed E-state index contributed by atoms with van der Waals surface area (Å²) < 4.78 is 18.1. The third-order valence-electron chi connectivity index (χ3n) is 2.68. The highest BCUT2D eigenvalue weighted by atomic mass is 19.1. The first kappa shape index (κ1) is 11.5. The van der Waals surface area contributed by atoms with Gasteiger partial charge in [-0.3, -0.25) is 0 Å². The molecule has 1 rings (SSSR count). The molecule has 80 valence electrons. The second-order valence-corrected chi connectivity index (χ2v) is 3.49. The number of halogens is 1. The zero-order valence-corrected chi connectivity index (χ0v) is 9.17. The van der Waals surface area contributed by atoms with E-state index in [0.717, 1.165) is 11.1 Å². The summed E-state index contributed by atoms with van der Waals surface area (Å²) in [4.78, 5) is 0. The van der Waals surface area contributed by atoms with E-state index in [-0.39, 0.29) is 11.9 Å². The van der Waals surface area contributed by atoms with E-state index in [1.54, 1.807) is 19.2 Å². The van der Waals surface area contributed by atoms with Crippen LogP contribution < -0.4 is 0 Å². The molecule has 0 heterocycles. The quantitative estimate of drug-likeness (QED) is 0.712. The maximum atomic E-state index is 13.2. The molecule has 2 nitrogen and oxygen atoms in total. The third kappa shape index (κ3) is 2.27. The van der Waals surface area contributed by atoms with Crippen molar-refractivity contribution >= 4 is 0 Å². The molecule has 0 spiro atoms. The van der Waals surface area contributed by atoms with Gasteiger partial charge < -0.3 is 4.74 Å². The maximum Gasteiger partial charge on any atom is 0.286 e. The standard InChI is InChI=1S/C12H14FNO/c1-4-12(15-7-14)10-5-6-11(13)9(3)8(10)2/h5-6,12H,4H2,1-3H3/t12-/m1/s1. The van der Waals surface area contributed by atoms with Crippen LogP contribution in [0.2, 0.25) is 0 Å². The molecule has 0 aliphatic rings. The zero-order valence-electron chi connectivity index (χ0n) is 9.17. The lowest BCUT2D eigenvalue weighted by molar-refractivity contribution is 0.158. The van der Waals surface area contributed by atoms with Gasteiger partial charge in [0.05, 0.1) is 0 Å². The minimum atomic E-state index is -0.269. The van der Waals surface area contributed by atoms with Gasteiger partial charge in [0.2, 0.25) is 0 Å². The van der Waals surface area contributed by atoms with Crippen LogP contribution in [0.5, 0.6) is 0 Å². The second kappa shape index (κ2) is 4.79. The van der Waals surface area contributed by atoms with Crippen molar-refractivity contribution < 1.29 is 9.13 Å². The minimum Gasteiger partial charge on any atom is -0.419 e. The van der Waals surface area contributed by atoms with E-state index in [2.05, 4.69) is 0 Å². The molecule has 0 saturated carbocycles. The molecule has 0 aliphatic heterocycles. The fourth-order valence-corrected chi connectivity index (χ4v) is 1.59. The number of nitrogens with zero attached hydrogens (tertiary/aromatic N) is 1. The summed E-state index contributed by atoms with van der Waals surface area (Å²) >= 11 is 0. The van der Waals surface area contributed by atoms with Crippen LogP contribution in [0, 0.1) is 31.2 Å². The lowest BCUT2D eigenvalue weighted by atomic mass is 9.97. The number of hydrogen-bond donors (Lipinski definition) is 0. The molecule has 15 heavy (non-hydrogen) atoms. The molecule has 0 aromatic heterocycles. The fraction of sp³-hybridized carbons (Fsp3) is 0.417. The molecule has 0 radical (unpaired) electrons. The van der Waals surface area contributed by atoms with Crippen LogP contribution in [0.25, 0.3) is 0 Å². The maximum absolute atomic E-state index is 13.2. The Labute approximate surface area is 89.3 Å². The summed E-state index contributed by atoms with van der Waals surface area (Å²) in [5, 5.41) is 8.50. The predicted molar refractivity (Wildman–Crippen MR) is 55.6 cm³/mol. The Kier molecular flexibility index (Phi) is 3.68. The summed E-state index contributed by atoms with van der Waals surface area (Å²) in [7, 11) is 0. The van der Waals surface area contributed by atoms with Crippen molar-refractivity contribution in [2.75, 3.05) is 0 Å². The summed E-state index contributed by atoms with van der Waals surface area (Å²) in [5.41, 5.74) is 2.36. The summed E-state index contributed by atoms with van der Waals surface area (Å²) in [5.74, 6) is -0.219. The Hall–Kier alpha value is -1.56. The van der Waals surface area contributed by atoms with Gasteiger partial charge in [-0.1, -0.05) is 13.0 Å². The first-order valence-corrected chi connectivity index (χ1v) is 4.92. The highest BCUT2D eigenvalue weighted by Gasteiger charge is 2.15. The molecule has 0 saturated heterocycles. The summed E-state index contributed by atoms with van der Waals surface area (Å²) in [6.07, 6.45) is 2.11. The van der Waals surface area contributed by atoms with Crippen LogP contribution >= 0.6 is 0 Å². The molecule has 0 fully saturated rings. The molecule has 1 atom stereocenters. The van der Waals surface area contributed by atoms with E-state index in [1.807, 2.05) is 13.8 Å². The molecular formula is C12H14FNO. The predicted octanol–water partition coefficient (Wildman–Crippen LogP) is 3.39. The summed E-state index contributed by atoms with van der Waals surface area (Å²) in [6.45, 7) is 5.50. The largest absolute Gasteiger partial charge is 0.419 e. The van der Waals surface area contributed by atoms with E-state index in [0.29, 0.717) is 12.0 Å². The number of benzene rings is 1. The SMILES string of the molecule is CC[C@@H](OC#N)c1ccc(F)c(C)c1C. The Morgan fingerprint density at radius 2 is 2.07 bits per heavy atom. The van der Waals surface area contributed by atoms with Gasteiger partial charge in [-0.05, 0) is 43.0 Å². The van der Waals surface area contributed by atoms with Crippen LogP contribution in [-0.4, -0.2) is 0 Å². The van der Waals surface area contributed by atoms with Crippen LogP contribution in [-0.2, 0) is 4.74 Å². The van der Waals surface area contributed by atoms with E-state index in [4.69, 9.17) is 10.00 Å². The first-order chi connectivity index (χ1) is 7.11. The lowest BCUT2D eigenvalue weighted by Crippen LogP contribution is -2.04. The number of rotatable bonds is 3. The van der Waals surface area contributed by atoms with Gasteiger partial charge in [0.1, 0.15) is 11.9 Å². The third-order valence-corrected chi connectivity index (χ3v) is 2.68. The van der Waals surface area contributed by atoms with Crippen molar-refractivity contribution in [3.05, 3.63) is 34.6 Å². The Balaban J connectivity index is 3.14. The fourth-order valence-electron chi connectivity index (χ4n) is 1.59. The van der Waals surface area contributed by atoms with Crippen molar-refractivity contribution in [3.8, 4) is 6.26 Å². The lowest BCUT2D eigenvalue weighted by Gasteiger charge is -2.16. The Morgan fingerprint density at radius 3 is 2.60 bits per heavy atom. The average Bonchev–Trinajstić information content (AvgIpc) is 2.24. The van der Waals surface area contributed by atoms with Gasteiger partial charge >= 0.3 is 0 Å². The number of ether oxygens (including phenoxy) is 1. The molecule has 0 unspecified atom stereocenters. The monoisotopic (exact) mass is 207 g/mol. The molecule has 1 aromatic rings. The van der Waals surface area contributed by atoms with E-state index in [1.165, 1.54) is 6.07 Å². The van der Waals surface area contributed by atoms with E-state index < -0.39 is 0 Å². The number of nitriles is 1. The molecule has 0 aliphatic carbocycles. The Bertz CT molecular complexity index is 395. The van der Waals surface area contributed by atoms with Crippen LogP contribution in [0.1, 0.15) is 36.1 Å². The van der Waals surface area contributed by atoms with Crippen molar-refractivity contribution in [1.82, 2.24) is 0 Å². The topological polar surface area (TPSA) is 33.0 Å². The highest BCUT2D eigenvalue weighted by Crippen LogP contribution is 2.27. The summed E-state index contributed by atoms with van der Waals surface area (Å²) in [6, 6.07) is 3.10. The number of hydrogen-bond acceptors (Lipinski definition) is 2. The average molecular weight is 207 g/mol. The van der Waals surface area contributed by atoms with Gasteiger partial charge in [0.15, 0.2) is 0 Å². The van der Waals surface area contributed by atoms with Gasteiger partial charge in [-0.2, -0.15) is 5.26 Å². The smallest absolute Gasteiger partial charge is 0.286 e. The Morgan fingerprint density at radius 1 is 1.40 bits per heavy atom. The molecular weight excluding hydrogens is 193 g/mol. The minimum absolute atomic E-state index is 0.219. The molecule has 1 aromatic carbocycles. The van der Waals surface area contributed by atoms with E-state index >= 15 is 0 Å². The normalized spacial score (nSPS) is 11.9. The van der Waals surface area contributed by atoms with Crippen LogP contribution in [0.15, 0.2) is 12.1 Å². The van der Waals surface area contributed by atoms with Crippen molar-refractivity contribution in [2.24, 2.45) is 0 Å². The molecule has 3 heteroatoms. The van der Waals surface area contributed by atoms with E-state index in [9.17, 15) is 4.39 Å². The van der Waals surface area contributed by atoms with Gasteiger partial charge in [-0.15, -0.1) is 0 Å². The van der Waals surface area contributed by atoms with Crippen LogP contribution in [0.3, 0.4) is 0 Å². The van der Waals surface area contributed by atoms with Crippen molar-refractivity contribution in [3.63, 3.8) is 0 Å². The second-order valence-electron chi connectivity index (χ2n) is 3.49. The highest BCUT2D eigenvalue weighted by molar-refractivity contribution is 5.35. The molecule has 0 N–H and O–H groups in total. The first-order valence-electron chi connectivity index (χ1n) is 4.92.